The maximum Gasteiger partial charge on any atom is 0.215 e. The van der Waals surface area contributed by atoms with Crippen LogP contribution in [0.3, 0.4) is 0 Å². The minimum atomic E-state index is -1.65. The lowest BCUT2D eigenvalue weighted by Gasteiger charge is -2.40. The number of quaternary nitrogens is 1. The molecule has 0 amide bonds. The summed E-state index contributed by atoms with van der Waals surface area (Å²) >= 11 is 0. The molecule has 98 valence electrons. The van der Waals surface area contributed by atoms with Crippen LogP contribution in [-0.4, -0.2) is 86.8 Å². The zero-order chi connectivity index (χ0) is 12.8. The van der Waals surface area contributed by atoms with Crippen LogP contribution in [0.2, 0.25) is 0 Å². The summed E-state index contributed by atoms with van der Waals surface area (Å²) in [5, 5.41) is 63.8. The highest BCUT2D eigenvalue weighted by molar-refractivity contribution is 4.77. The number of rotatable bonds is 8. The molecule has 0 aliphatic rings. The highest BCUT2D eigenvalue weighted by Gasteiger charge is 2.46. The lowest BCUT2D eigenvalue weighted by atomic mass is 9.99. The van der Waals surface area contributed by atoms with E-state index in [1.165, 1.54) is 0 Å². The van der Waals surface area contributed by atoms with Crippen molar-refractivity contribution in [1.82, 2.24) is 0 Å². The highest BCUT2D eigenvalue weighted by Crippen LogP contribution is 1.98. The minimum Gasteiger partial charge on any atom is -0.390 e. The molecular weight excluding hydrogens is 222 g/mol. The average Bonchev–Trinajstić information content (AvgIpc) is 2.34. The van der Waals surface area contributed by atoms with Gasteiger partial charge in [-0.25, -0.2) is 0 Å². The van der Waals surface area contributed by atoms with Crippen LogP contribution >= 0.6 is 0 Å². The van der Waals surface area contributed by atoms with Gasteiger partial charge in [0.15, 0.2) is 5.54 Å². The van der Waals surface area contributed by atoms with E-state index < -0.39 is 51.0 Å². The Morgan fingerprint density at radius 1 is 0.750 bits per heavy atom. The van der Waals surface area contributed by atoms with Gasteiger partial charge in [0.05, 0.1) is 0 Å². The molecule has 0 rings (SSSR count). The fourth-order valence-electron chi connectivity index (χ4n) is 1.55. The number of hydrogen-bond acceptors (Lipinski definition) is 7. The summed E-state index contributed by atoms with van der Waals surface area (Å²) < 4.78 is 0. The van der Waals surface area contributed by atoms with Gasteiger partial charge in [-0.3, -0.25) is 4.90 Å². The first-order chi connectivity index (χ1) is 7.52. The molecule has 0 aromatic carbocycles. The fraction of sp³-hybridized carbons (Fsp3) is 1.00. The predicted octanol–water partition coefficient (Wildman–Crippen LogP) is -5.79. The Bertz CT molecular complexity index is 169. The van der Waals surface area contributed by atoms with Crippen LogP contribution in [0, 0.1) is 0 Å². The van der Waals surface area contributed by atoms with E-state index >= 15 is 0 Å². The SMILES string of the molecule is OCC(O)[NH+](C(O)CO)C(CO)(CO)CO. The van der Waals surface area contributed by atoms with Crippen molar-refractivity contribution >= 4 is 0 Å². The molecule has 0 aromatic rings. The summed E-state index contributed by atoms with van der Waals surface area (Å²) in [6, 6.07) is 0. The van der Waals surface area contributed by atoms with Crippen LogP contribution < -0.4 is 4.90 Å². The van der Waals surface area contributed by atoms with Crippen molar-refractivity contribution in [3.63, 3.8) is 0 Å². The summed E-state index contributed by atoms with van der Waals surface area (Å²) in [6.45, 7) is -3.71. The maximum absolute atomic E-state index is 9.46. The van der Waals surface area contributed by atoms with Gasteiger partial charge in [-0.1, -0.05) is 0 Å². The van der Waals surface area contributed by atoms with E-state index in [2.05, 4.69) is 0 Å². The Morgan fingerprint density at radius 2 is 1.06 bits per heavy atom. The molecule has 2 atom stereocenters. The Kier molecular flexibility index (Phi) is 6.95. The van der Waals surface area contributed by atoms with Crippen LogP contribution in [0.25, 0.3) is 0 Å². The number of aliphatic hydroxyl groups is 7. The standard InChI is InChI=1S/C8H19NO7/c10-1-6(15)9(7(16)2-11)8(3-12,4-13)5-14/h6-7,10-16H,1-5H2/p+1. The van der Waals surface area contributed by atoms with Gasteiger partial charge in [0.2, 0.25) is 12.5 Å². The molecule has 2 unspecified atom stereocenters. The van der Waals surface area contributed by atoms with Gasteiger partial charge >= 0.3 is 0 Å². The molecule has 0 spiro atoms. The van der Waals surface area contributed by atoms with Crippen molar-refractivity contribution in [3.05, 3.63) is 0 Å². The second-order valence-electron chi connectivity index (χ2n) is 3.61. The summed E-state index contributed by atoms with van der Waals surface area (Å²) in [5.74, 6) is 0. The third kappa shape index (κ3) is 3.09. The molecule has 0 fully saturated rings. The second kappa shape index (κ2) is 7.09. The Labute approximate surface area is 92.6 Å². The van der Waals surface area contributed by atoms with E-state index in [1.54, 1.807) is 0 Å². The van der Waals surface area contributed by atoms with Crippen LogP contribution in [0.5, 0.6) is 0 Å². The highest BCUT2D eigenvalue weighted by atomic mass is 16.4. The summed E-state index contributed by atoms with van der Waals surface area (Å²) in [4.78, 5) is -0.287. The van der Waals surface area contributed by atoms with E-state index in [9.17, 15) is 10.2 Å². The second-order valence-corrected chi connectivity index (χ2v) is 3.61. The van der Waals surface area contributed by atoms with Crippen molar-refractivity contribution in [2.24, 2.45) is 0 Å². The largest absolute Gasteiger partial charge is 0.390 e. The van der Waals surface area contributed by atoms with Crippen molar-refractivity contribution < 1.29 is 40.6 Å². The molecule has 0 heterocycles. The number of nitrogens with one attached hydrogen (secondary N) is 1. The quantitative estimate of drug-likeness (QED) is 0.198. The normalized spacial score (nSPS) is 18.2. The van der Waals surface area contributed by atoms with E-state index in [0.29, 0.717) is 0 Å². The topological polar surface area (TPSA) is 146 Å². The lowest BCUT2D eigenvalue weighted by molar-refractivity contribution is -1.04. The van der Waals surface area contributed by atoms with Gasteiger partial charge in [-0.15, -0.1) is 0 Å². The monoisotopic (exact) mass is 242 g/mol. The summed E-state index contributed by atoms with van der Waals surface area (Å²) in [5.41, 5.74) is -1.65. The van der Waals surface area contributed by atoms with Gasteiger partial charge in [0.25, 0.3) is 0 Å². The number of hydrogen-bond donors (Lipinski definition) is 8. The van der Waals surface area contributed by atoms with Crippen molar-refractivity contribution in [3.8, 4) is 0 Å². The first-order valence-corrected chi connectivity index (χ1v) is 4.80. The van der Waals surface area contributed by atoms with Crippen molar-refractivity contribution in [1.29, 1.82) is 0 Å². The Balaban J connectivity index is 5.10. The Morgan fingerprint density at radius 3 is 1.25 bits per heavy atom. The fourth-order valence-corrected chi connectivity index (χ4v) is 1.55. The predicted molar refractivity (Wildman–Crippen MR) is 51.1 cm³/mol. The lowest BCUT2D eigenvalue weighted by Crippen LogP contribution is -3.29. The molecule has 0 aliphatic carbocycles. The van der Waals surface area contributed by atoms with Crippen LogP contribution in [0.4, 0.5) is 0 Å². The van der Waals surface area contributed by atoms with Crippen LogP contribution in [0.1, 0.15) is 0 Å². The molecule has 8 nitrogen and oxygen atoms in total. The van der Waals surface area contributed by atoms with E-state index in [0.717, 1.165) is 0 Å². The molecule has 0 radical (unpaired) electrons. The molecular formula is C8H20NO7+. The van der Waals surface area contributed by atoms with Crippen molar-refractivity contribution in [2.45, 2.75) is 18.0 Å². The zero-order valence-corrected chi connectivity index (χ0v) is 8.82. The first kappa shape index (κ1) is 15.7. The first-order valence-electron chi connectivity index (χ1n) is 4.80. The van der Waals surface area contributed by atoms with E-state index in [-0.39, 0.29) is 4.90 Å². The van der Waals surface area contributed by atoms with Gasteiger partial charge in [0, 0.05) is 0 Å². The third-order valence-corrected chi connectivity index (χ3v) is 2.58. The van der Waals surface area contributed by atoms with E-state index in [1.807, 2.05) is 0 Å². The smallest absolute Gasteiger partial charge is 0.215 e. The molecule has 0 bridgehead atoms. The summed E-state index contributed by atoms with van der Waals surface area (Å²) in [7, 11) is 0. The number of aliphatic hydroxyl groups excluding tert-OH is 7. The zero-order valence-electron chi connectivity index (χ0n) is 8.82. The Hall–Kier alpha value is -0.320. The molecule has 8 heteroatoms. The summed E-state index contributed by atoms with van der Waals surface area (Å²) in [6.07, 6.45) is -3.10. The molecule has 0 aliphatic heterocycles. The third-order valence-electron chi connectivity index (χ3n) is 2.58. The van der Waals surface area contributed by atoms with E-state index in [4.69, 9.17) is 25.5 Å². The molecule has 8 N–H and O–H groups in total. The van der Waals surface area contributed by atoms with Gasteiger partial charge in [-0.2, -0.15) is 0 Å². The molecule has 0 saturated carbocycles. The van der Waals surface area contributed by atoms with Gasteiger partial charge < -0.3 is 35.7 Å². The maximum atomic E-state index is 9.46. The average molecular weight is 242 g/mol. The van der Waals surface area contributed by atoms with Gasteiger partial charge in [-0.05, 0) is 0 Å². The van der Waals surface area contributed by atoms with Gasteiger partial charge in [0.1, 0.15) is 33.0 Å². The molecule has 16 heavy (non-hydrogen) atoms. The molecule has 0 saturated heterocycles. The van der Waals surface area contributed by atoms with Crippen LogP contribution in [0.15, 0.2) is 0 Å². The van der Waals surface area contributed by atoms with Crippen molar-refractivity contribution in [2.75, 3.05) is 33.0 Å². The minimum absolute atomic E-state index is 0.287. The molecule has 0 aromatic heterocycles. The van der Waals surface area contributed by atoms with Crippen LogP contribution in [-0.2, 0) is 0 Å².